The molecule has 0 saturated heterocycles. The molecule has 0 bridgehead atoms. The number of carbonyl (C=O) groups excluding carboxylic acids is 2. The summed E-state index contributed by atoms with van der Waals surface area (Å²) in [5.41, 5.74) is 1.37. The number of ketones is 1. The van der Waals surface area contributed by atoms with Crippen LogP contribution in [0, 0.1) is 6.92 Å². The van der Waals surface area contributed by atoms with Gasteiger partial charge < -0.3 is 4.74 Å². The molecule has 1 aliphatic carbocycles. The summed E-state index contributed by atoms with van der Waals surface area (Å²) in [7, 11) is 1.49. The van der Waals surface area contributed by atoms with Crippen molar-refractivity contribution < 1.29 is 14.3 Å². The van der Waals surface area contributed by atoms with E-state index in [0.717, 1.165) is 4.68 Å². The molecule has 0 radical (unpaired) electrons. The van der Waals surface area contributed by atoms with Gasteiger partial charge in [-0.25, -0.2) is 9.48 Å². The molecule has 1 heterocycles. The normalized spacial score (nSPS) is 14.2. The lowest BCUT2D eigenvalue weighted by molar-refractivity contribution is -0.115. The molecule has 2 aromatic rings. The minimum Gasteiger partial charge on any atom is -0.426 e. The van der Waals surface area contributed by atoms with Crippen molar-refractivity contribution >= 4 is 11.8 Å². The second kappa shape index (κ2) is 6.84. The third-order valence-electron chi connectivity index (χ3n) is 4.14. The van der Waals surface area contributed by atoms with E-state index in [9.17, 15) is 14.4 Å². The maximum Gasteiger partial charge on any atom is 0.364 e. The quantitative estimate of drug-likeness (QED) is 0.804. The summed E-state index contributed by atoms with van der Waals surface area (Å²) >= 11 is 0. The molecule has 128 valence electrons. The van der Waals surface area contributed by atoms with E-state index in [1.54, 1.807) is 19.1 Å². The third-order valence-corrected chi connectivity index (χ3v) is 4.14. The van der Waals surface area contributed by atoms with Crippen molar-refractivity contribution in [1.29, 1.82) is 0 Å². The lowest BCUT2D eigenvalue weighted by atomic mass is 10.0. The highest BCUT2D eigenvalue weighted by atomic mass is 16.5. The fraction of sp³-hybridized carbons (Fsp3) is 0.263. The van der Waals surface area contributed by atoms with Crippen molar-refractivity contribution in [2.75, 3.05) is 0 Å². The molecule has 0 aliphatic heterocycles. The molecule has 1 aromatic carbocycles. The maximum absolute atomic E-state index is 12.5. The van der Waals surface area contributed by atoms with Gasteiger partial charge in [0.1, 0.15) is 5.76 Å². The Hall–Kier alpha value is -3.02. The van der Waals surface area contributed by atoms with Crippen LogP contribution in [0.3, 0.4) is 0 Å². The molecule has 0 spiro atoms. The lowest BCUT2D eigenvalue weighted by Gasteiger charge is -2.14. The average molecular weight is 338 g/mol. The second-order valence-electron chi connectivity index (χ2n) is 5.96. The van der Waals surface area contributed by atoms with Crippen molar-refractivity contribution in [2.24, 2.45) is 7.05 Å². The molecule has 25 heavy (non-hydrogen) atoms. The van der Waals surface area contributed by atoms with Crippen molar-refractivity contribution in [2.45, 2.75) is 26.2 Å². The number of hydrogen-bond acceptors (Lipinski definition) is 5. The highest BCUT2D eigenvalue weighted by Gasteiger charge is 2.22. The molecule has 0 atom stereocenters. The predicted octanol–water partition coefficient (Wildman–Crippen LogP) is 2.55. The van der Waals surface area contributed by atoms with Crippen molar-refractivity contribution in [3.63, 3.8) is 0 Å². The number of aromatic nitrogens is 2. The number of nitrogens with zero attached hydrogens (tertiary/aromatic N) is 2. The van der Waals surface area contributed by atoms with Crippen molar-refractivity contribution in [3.05, 3.63) is 63.8 Å². The van der Waals surface area contributed by atoms with E-state index in [1.807, 2.05) is 18.2 Å². The number of hydrogen-bond donors (Lipinski definition) is 0. The molecule has 0 amide bonds. The van der Waals surface area contributed by atoms with Crippen LogP contribution in [0.15, 0.2) is 47.0 Å². The smallest absolute Gasteiger partial charge is 0.364 e. The number of allylic oxidation sites excluding steroid dienone is 2. The zero-order valence-corrected chi connectivity index (χ0v) is 14.1. The molecule has 6 heteroatoms. The van der Waals surface area contributed by atoms with Gasteiger partial charge in [-0.05, 0) is 24.5 Å². The minimum atomic E-state index is -0.661. The molecule has 0 saturated carbocycles. The first-order valence-corrected chi connectivity index (χ1v) is 8.06. The minimum absolute atomic E-state index is 0.0517. The second-order valence-corrected chi connectivity index (χ2v) is 5.96. The van der Waals surface area contributed by atoms with E-state index in [-0.39, 0.29) is 17.0 Å². The Balaban J connectivity index is 2.03. The first-order valence-electron chi connectivity index (χ1n) is 8.06. The number of ether oxygens (including phenoxy) is 1. The molecular formula is C19H18N2O4. The fourth-order valence-corrected chi connectivity index (χ4v) is 2.86. The van der Waals surface area contributed by atoms with E-state index in [0.29, 0.717) is 41.7 Å². The summed E-state index contributed by atoms with van der Waals surface area (Å²) in [4.78, 5) is 36.5. The monoisotopic (exact) mass is 338 g/mol. The van der Waals surface area contributed by atoms with Crippen LogP contribution in [0.1, 0.15) is 35.3 Å². The topological polar surface area (TPSA) is 78.3 Å². The highest BCUT2D eigenvalue weighted by molar-refractivity contribution is 5.94. The summed E-state index contributed by atoms with van der Waals surface area (Å²) in [5.74, 6) is -0.368. The van der Waals surface area contributed by atoms with Gasteiger partial charge in [0.05, 0.1) is 5.56 Å². The zero-order valence-electron chi connectivity index (χ0n) is 14.1. The van der Waals surface area contributed by atoms with Crippen LogP contribution in [-0.2, 0) is 16.6 Å². The lowest BCUT2D eigenvalue weighted by Crippen LogP contribution is -2.27. The number of esters is 1. The standard InChI is InChI=1S/C19H18N2O4/c1-12-16(13-7-4-3-5-8-13)18(23)21(2)20-17(12)19(24)25-15-10-6-9-14(22)11-15/h3-5,7-8,11H,6,9-10H2,1-2H3. The van der Waals surface area contributed by atoms with Crippen LogP contribution in [-0.4, -0.2) is 21.5 Å². The molecule has 0 unspecified atom stereocenters. The third kappa shape index (κ3) is 3.42. The Morgan fingerprint density at radius 3 is 2.56 bits per heavy atom. The molecule has 1 aliphatic rings. The predicted molar refractivity (Wildman–Crippen MR) is 92.0 cm³/mol. The first kappa shape index (κ1) is 16.8. The van der Waals surface area contributed by atoms with E-state index < -0.39 is 5.97 Å². The molecule has 3 rings (SSSR count). The van der Waals surface area contributed by atoms with E-state index >= 15 is 0 Å². The Kier molecular flexibility index (Phi) is 4.61. The molecule has 6 nitrogen and oxygen atoms in total. The first-order chi connectivity index (χ1) is 12.0. The van der Waals surface area contributed by atoms with Gasteiger partial charge in [0, 0.05) is 26.0 Å². The highest BCUT2D eigenvalue weighted by Crippen LogP contribution is 2.23. The average Bonchev–Trinajstić information content (AvgIpc) is 2.59. The number of carbonyl (C=O) groups is 2. The molecule has 0 N–H and O–H groups in total. The van der Waals surface area contributed by atoms with Gasteiger partial charge in [0.25, 0.3) is 5.56 Å². The number of aryl methyl sites for hydroxylation is 1. The Bertz CT molecular complexity index is 926. The van der Waals surface area contributed by atoms with Crippen LogP contribution >= 0.6 is 0 Å². The van der Waals surface area contributed by atoms with Gasteiger partial charge in [-0.2, -0.15) is 5.10 Å². The summed E-state index contributed by atoms with van der Waals surface area (Å²) < 4.78 is 6.47. The van der Waals surface area contributed by atoms with Crippen molar-refractivity contribution in [3.8, 4) is 11.1 Å². The van der Waals surface area contributed by atoms with Crippen LogP contribution in [0.4, 0.5) is 0 Å². The van der Waals surface area contributed by atoms with Crippen LogP contribution in [0.5, 0.6) is 0 Å². The summed E-state index contributed by atoms with van der Waals surface area (Å²) in [5, 5.41) is 4.06. The number of benzene rings is 1. The van der Waals surface area contributed by atoms with Gasteiger partial charge in [-0.1, -0.05) is 30.3 Å². The Morgan fingerprint density at radius 1 is 1.16 bits per heavy atom. The van der Waals surface area contributed by atoms with Gasteiger partial charge in [-0.3, -0.25) is 9.59 Å². The van der Waals surface area contributed by atoms with Crippen LogP contribution < -0.4 is 5.56 Å². The van der Waals surface area contributed by atoms with Gasteiger partial charge >= 0.3 is 5.97 Å². The van der Waals surface area contributed by atoms with E-state index in [4.69, 9.17) is 4.74 Å². The largest absolute Gasteiger partial charge is 0.426 e. The zero-order chi connectivity index (χ0) is 18.0. The number of rotatable bonds is 3. The Morgan fingerprint density at radius 2 is 1.88 bits per heavy atom. The fourth-order valence-electron chi connectivity index (χ4n) is 2.86. The Labute approximate surface area is 144 Å². The van der Waals surface area contributed by atoms with Crippen LogP contribution in [0.2, 0.25) is 0 Å². The van der Waals surface area contributed by atoms with Gasteiger partial charge in [0.15, 0.2) is 11.5 Å². The summed E-state index contributed by atoms with van der Waals surface area (Å²) in [6.45, 7) is 1.67. The van der Waals surface area contributed by atoms with Crippen molar-refractivity contribution in [1.82, 2.24) is 9.78 Å². The SMILES string of the molecule is Cc1c(C(=O)OC2=CC(=O)CCC2)nn(C)c(=O)c1-c1ccccc1. The molecule has 1 aromatic heterocycles. The van der Waals surface area contributed by atoms with Crippen LogP contribution in [0.25, 0.3) is 11.1 Å². The summed E-state index contributed by atoms with van der Waals surface area (Å²) in [6.07, 6.45) is 3.02. The summed E-state index contributed by atoms with van der Waals surface area (Å²) in [6, 6.07) is 9.12. The molecule has 0 fully saturated rings. The van der Waals surface area contributed by atoms with Gasteiger partial charge in [-0.15, -0.1) is 0 Å². The van der Waals surface area contributed by atoms with Gasteiger partial charge in [0.2, 0.25) is 0 Å². The van der Waals surface area contributed by atoms with E-state index in [2.05, 4.69) is 5.10 Å². The maximum atomic E-state index is 12.5. The van der Waals surface area contributed by atoms with E-state index in [1.165, 1.54) is 13.1 Å². The molecular weight excluding hydrogens is 320 g/mol.